The summed E-state index contributed by atoms with van der Waals surface area (Å²) in [5.74, 6) is 1.54. The predicted molar refractivity (Wildman–Crippen MR) is 87.0 cm³/mol. The van der Waals surface area contributed by atoms with Gasteiger partial charge in [0.15, 0.2) is 0 Å². The molecular formula is C17H26ClNO2. The van der Waals surface area contributed by atoms with Crippen LogP contribution in [0.1, 0.15) is 39.0 Å². The van der Waals surface area contributed by atoms with Crippen LogP contribution in [0.2, 0.25) is 5.02 Å². The van der Waals surface area contributed by atoms with E-state index in [4.69, 9.17) is 16.3 Å². The summed E-state index contributed by atoms with van der Waals surface area (Å²) in [6.45, 7) is 3.14. The number of hydrogen-bond acceptors (Lipinski definition) is 3. The normalized spacial score (nSPS) is 23.8. The van der Waals surface area contributed by atoms with Crippen LogP contribution < -0.4 is 10.1 Å². The third-order valence-corrected chi connectivity index (χ3v) is 4.48. The van der Waals surface area contributed by atoms with Crippen molar-refractivity contribution < 1.29 is 9.84 Å². The molecule has 0 amide bonds. The van der Waals surface area contributed by atoms with E-state index in [1.165, 1.54) is 32.1 Å². The summed E-state index contributed by atoms with van der Waals surface area (Å²) < 4.78 is 5.56. The highest BCUT2D eigenvalue weighted by molar-refractivity contribution is 6.30. The van der Waals surface area contributed by atoms with E-state index in [0.29, 0.717) is 23.4 Å². The molecular weight excluding hydrogens is 286 g/mol. The van der Waals surface area contributed by atoms with Gasteiger partial charge in [-0.3, -0.25) is 0 Å². The molecule has 1 fully saturated rings. The van der Waals surface area contributed by atoms with Crippen LogP contribution in [0.25, 0.3) is 0 Å². The SMILES string of the molecule is CCC1CCCC(NCC(O)COc2cccc(Cl)c2)C1. The van der Waals surface area contributed by atoms with E-state index in [-0.39, 0.29) is 6.61 Å². The molecule has 3 unspecified atom stereocenters. The fourth-order valence-electron chi connectivity index (χ4n) is 2.96. The van der Waals surface area contributed by atoms with Crippen LogP contribution in [0.5, 0.6) is 5.75 Å². The zero-order chi connectivity index (χ0) is 15.1. The molecule has 1 saturated carbocycles. The number of hydrogen-bond donors (Lipinski definition) is 2. The Morgan fingerprint density at radius 3 is 3.05 bits per heavy atom. The molecule has 118 valence electrons. The Balaban J connectivity index is 1.66. The van der Waals surface area contributed by atoms with Crippen molar-refractivity contribution in [3.8, 4) is 5.75 Å². The predicted octanol–water partition coefficient (Wildman–Crippen LogP) is 3.64. The van der Waals surface area contributed by atoms with Crippen molar-refractivity contribution in [3.63, 3.8) is 0 Å². The molecule has 1 aliphatic carbocycles. The average molecular weight is 312 g/mol. The van der Waals surface area contributed by atoms with Gasteiger partial charge in [-0.2, -0.15) is 0 Å². The lowest BCUT2D eigenvalue weighted by atomic mass is 9.84. The Morgan fingerprint density at radius 1 is 1.43 bits per heavy atom. The second-order valence-corrected chi connectivity index (χ2v) is 6.40. The Morgan fingerprint density at radius 2 is 2.29 bits per heavy atom. The summed E-state index contributed by atoms with van der Waals surface area (Å²) in [6.07, 6.45) is 5.88. The highest BCUT2D eigenvalue weighted by atomic mass is 35.5. The molecule has 1 aromatic carbocycles. The molecule has 0 heterocycles. The molecule has 2 N–H and O–H groups in total. The van der Waals surface area contributed by atoms with E-state index >= 15 is 0 Å². The number of rotatable bonds is 7. The van der Waals surface area contributed by atoms with Gasteiger partial charge in [0, 0.05) is 17.6 Å². The third-order valence-electron chi connectivity index (χ3n) is 4.24. The fourth-order valence-corrected chi connectivity index (χ4v) is 3.14. The van der Waals surface area contributed by atoms with E-state index in [9.17, 15) is 5.11 Å². The van der Waals surface area contributed by atoms with Crippen molar-refractivity contribution in [2.75, 3.05) is 13.2 Å². The smallest absolute Gasteiger partial charge is 0.120 e. The first-order valence-corrected chi connectivity index (χ1v) is 8.35. The van der Waals surface area contributed by atoms with Crippen molar-refractivity contribution in [1.82, 2.24) is 5.32 Å². The van der Waals surface area contributed by atoms with E-state index < -0.39 is 6.10 Å². The van der Waals surface area contributed by atoms with Crippen molar-refractivity contribution in [2.24, 2.45) is 5.92 Å². The maximum Gasteiger partial charge on any atom is 0.120 e. The minimum absolute atomic E-state index is 0.289. The standard InChI is InChI=1S/C17H26ClNO2/c1-2-13-5-3-7-15(9-13)19-11-16(20)12-21-17-8-4-6-14(18)10-17/h4,6,8,10,13,15-16,19-20H,2-3,5,7,9,11-12H2,1H3. The molecule has 1 aromatic rings. The second-order valence-electron chi connectivity index (χ2n) is 5.97. The van der Waals surface area contributed by atoms with Crippen LogP contribution in [0, 0.1) is 5.92 Å². The average Bonchev–Trinajstić information content (AvgIpc) is 2.51. The lowest BCUT2D eigenvalue weighted by Crippen LogP contribution is -2.40. The highest BCUT2D eigenvalue weighted by Crippen LogP contribution is 2.26. The Kier molecular flexibility index (Phi) is 6.81. The number of aliphatic hydroxyl groups is 1. The van der Waals surface area contributed by atoms with Gasteiger partial charge in [-0.05, 0) is 37.0 Å². The quantitative estimate of drug-likeness (QED) is 0.808. The molecule has 0 radical (unpaired) electrons. The summed E-state index contributed by atoms with van der Waals surface area (Å²) in [4.78, 5) is 0. The van der Waals surface area contributed by atoms with Gasteiger partial charge < -0.3 is 15.2 Å². The number of benzene rings is 1. The van der Waals surface area contributed by atoms with Crippen LogP contribution in [0.3, 0.4) is 0 Å². The molecule has 3 nitrogen and oxygen atoms in total. The molecule has 4 heteroatoms. The van der Waals surface area contributed by atoms with Gasteiger partial charge in [0.2, 0.25) is 0 Å². The molecule has 0 saturated heterocycles. The first-order chi connectivity index (χ1) is 10.2. The summed E-state index contributed by atoms with van der Waals surface area (Å²) in [6, 6.07) is 7.80. The maximum absolute atomic E-state index is 10.0. The molecule has 1 aliphatic rings. The number of halogens is 1. The lowest BCUT2D eigenvalue weighted by Gasteiger charge is -2.29. The van der Waals surface area contributed by atoms with Crippen molar-refractivity contribution >= 4 is 11.6 Å². The third kappa shape index (κ3) is 5.85. The first-order valence-electron chi connectivity index (χ1n) is 7.97. The van der Waals surface area contributed by atoms with Gasteiger partial charge in [-0.15, -0.1) is 0 Å². The Hall–Kier alpha value is -0.770. The molecule has 0 bridgehead atoms. The van der Waals surface area contributed by atoms with Crippen LogP contribution in [0.4, 0.5) is 0 Å². The van der Waals surface area contributed by atoms with Crippen LogP contribution in [-0.4, -0.2) is 30.4 Å². The number of ether oxygens (including phenoxy) is 1. The minimum Gasteiger partial charge on any atom is -0.491 e. The molecule has 0 aromatic heterocycles. The summed E-state index contributed by atoms with van der Waals surface area (Å²) in [7, 11) is 0. The summed E-state index contributed by atoms with van der Waals surface area (Å²) in [5, 5.41) is 14.1. The van der Waals surface area contributed by atoms with Crippen LogP contribution >= 0.6 is 11.6 Å². The van der Waals surface area contributed by atoms with Gasteiger partial charge in [0.25, 0.3) is 0 Å². The Bertz CT molecular complexity index is 427. The van der Waals surface area contributed by atoms with E-state index in [0.717, 1.165) is 5.92 Å². The maximum atomic E-state index is 10.0. The monoisotopic (exact) mass is 311 g/mol. The first kappa shape index (κ1) is 16.6. The van der Waals surface area contributed by atoms with Crippen LogP contribution in [-0.2, 0) is 0 Å². The number of aliphatic hydroxyl groups excluding tert-OH is 1. The van der Waals surface area contributed by atoms with E-state index in [2.05, 4.69) is 12.2 Å². The van der Waals surface area contributed by atoms with Crippen molar-refractivity contribution in [2.45, 2.75) is 51.2 Å². The van der Waals surface area contributed by atoms with Gasteiger partial charge in [-0.25, -0.2) is 0 Å². The van der Waals surface area contributed by atoms with Gasteiger partial charge in [0.1, 0.15) is 18.5 Å². The zero-order valence-corrected chi connectivity index (χ0v) is 13.5. The summed E-state index contributed by atoms with van der Waals surface area (Å²) in [5.41, 5.74) is 0. The highest BCUT2D eigenvalue weighted by Gasteiger charge is 2.20. The summed E-state index contributed by atoms with van der Waals surface area (Å²) >= 11 is 5.90. The lowest BCUT2D eigenvalue weighted by molar-refractivity contribution is 0.1000. The molecule has 3 atom stereocenters. The largest absolute Gasteiger partial charge is 0.491 e. The molecule has 0 spiro atoms. The van der Waals surface area contributed by atoms with Gasteiger partial charge in [0.05, 0.1) is 0 Å². The van der Waals surface area contributed by atoms with Crippen molar-refractivity contribution in [3.05, 3.63) is 29.3 Å². The molecule has 0 aliphatic heterocycles. The Labute approximate surface area is 132 Å². The van der Waals surface area contributed by atoms with Crippen LogP contribution in [0.15, 0.2) is 24.3 Å². The minimum atomic E-state index is -0.494. The molecule has 2 rings (SSSR count). The van der Waals surface area contributed by atoms with Gasteiger partial charge in [-0.1, -0.05) is 43.9 Å². The molecule has 21 heavy (non-hydrogen) atoms. The van der Waals surface area contributed by atoms with Gasteiger partial charge >= 0.3 is 0 Å². The van der Waals surface area contributed by atoms with E-state index in [1.807, 2.05) is 12.1 Å². The second kappa shape index (κ2) is 8.62. The number of nitrogens with one attached hydrogen (secondary N) is 1. The van der Waals surface area contributed by atoms with E-state index in [1.54, 1.807) is 12.1 Å². The topological polar surface area (TPSA) is 41.5 Å². The fraction of sp³-hybridized carbons (Fsp3) is 0.647. The van der Waals surface area contributed by atoms with Crippen molar-refractivity contribution in [1.29, 1.82) is 0 Å². The zero-order valence-electron chi connectivity index (χ0n) is 12.7.